The van der Waals surface area contributed by atoms with Crippen LogP contribution in [-0.4, -0.2) is 25.0 Å². The van der Waals surface area contributed by atoms with Crippen molar-refractivity contribution in [2.24, 2.45) is 5.41 Å². The molecule has 0 spiro atoms. The van der Waals surface area contributed by atoms with Crippen molar-refractivity contribution < 1.29 is 4.79 Å². The molecule has 1 atom stereocenters. The summed E-state index contributed by atoms with van der Waals surface area (Å²) in [6.07, 6.45) is 10.0. The minimum Gasteiger partial charge on any atom is -0.342 e. The Bertz CT molecular complexity index is 282. The Hall–Kier alpha value is -1.01. The predicted molar refractivity (Wildman–Crippen MR) is 70.5 cm³/mol. The van der Waals surface area contributed by atoms with Crippen LogP contribution >= 0.6 is 0 Å². The number of hydrogen-bond acceptors (Lipinski definition) is 2. The maximum absolute atomic E-state index is 12.4. The van der Waals surface area contributed by atoms with Crippen LogP contribution in [0.5, 0.6) is 0 Å². The molecule has 2 N–H and O–H groups in total. The van der Waals surface area contributed by atoms with Crippen molar-refractivity contribution in [3.63, 3.8) is 0 Å². The normalized spacial score (nSPS) is 20.3. The molecule has 0 aliphatic carbocycles. The smallest absolute Gasteiger partial charge is 0.227 e. The van der Waals surface area contributed by atoms with E-state index in [4.69, 9.17) is 6.42 Å². The lowest BCUT2D eigenvalue weighted by molar-refractivity contribution is -0.133. The summed E-state index contributed by atoms with van der Waals surface area (Å²) >= 11 is 0. The summed E-state index contributed by atoms with van der Waals surface area (Å²) in [5.41, 5.74) is -0.190. The predicted octanol–water partition coefficient (Wildman–Crippen LogP) is 1.68. The fourth-order valence-electron chi connectivity index (χ4n) is 2.55. The number of terminal acetylenes is 1. The molecule has 3 heteroatoms. The van der Waals surface area contributed by atoms with E-state index >= 15 is 0 Å². The minimum atomic E-state index is -0.190. The van der Waals surface area contributed by atoms with Gasteiger partial charge in [-0.2, -0.15) is 0 Å². The lowest BCUT2D eigenvalue weighted by atomic mass is 9.74. The highest BCUT2D eigenvalue weighted by Gasteiger charge is 2.38. The standard InChI is InChI=1S/C14H24N2O/c1-4-7-14(8-10-15-11-9-14)13(17)16-12(5-2)6-3/h2,12,15H,4,6-11H2,1,3H3,(H,16,17). The van der Waals surface area contributed by atoms with Gasteiger partial charge >= 0.3 is 0 Å². The van der Waals surface area contributed by atoms with Gasteiger partial charge < -0.3 is 10.6 Å². The van der Waals surface area contributed by atoms with Gasteiger partial charge in [-0.15, -0.1) is 6.42 Å². The number of amides is 1. The second-order valence-electron chi connectivity index (χ2n) is 4.88. The quantitative estimate of drug-likeness (QED) is 0.713. The molecule has 0 aromatic rings. The van der Waals surface area contributed by atoms with Gasteiger partial charge in [-0.05, 0) is 38.8 Å². The van der Waals surface area contributed by atoms with E-state index in [-0.39, 0.29) is 17.4 Å². The minimum absolute atomic E-state index is 0.119. The molecule has 0 radical (unpaired) electrons. The highest BCUT2D eigenvalue weighted by Crippen LogP contribution is 2.34. The zero-order valence-corrected chi connectivity index (χ0v) is 11.0. The molecule has 1 amide bonds. The Kier molecular flexibility index (Phi) is 5.50. The van der Waals surface area contributed by atoms with Gasteiger partial charge in [-0.3, -0.25) is 4.79 Å². The summed E-state index contributed by atoms with van der Waals surface area (Å²) < 4.78 is 0. The summed E-state index contributed by atoms with van der Waals surface area (Å²) in [4.78, 5) is 12.4. The van der Waals surface area contributed by atoms with Gasteiger partial charge in [0.15, 0.2) is 0 Å². The molecule has 96 valence electrons. The van der Waals surface area contributed by atoms with Crippen LogP contribution in [0, 0.1) is 17.8 Å². The number of carbonyl (C=O) groups excluding carboxylic acids is 1. The molecule has 1 heterocycles. The maximum Gasteiger partial charge on any atom is 0.227 e. The Morgan fingerprint density at radius 3 is 2.59 bits per heavy atom. The monoisotopic (exact) mass is 236 g/mol. The highest BCUT2D eigenvalue weighted by atomic mass is 16.2. The largest absolute Gasteiger partial charge is 0.342 e. The van der Waals surface area contributed by atoms with Gasteiger partial charge in [0.2, 0.25) is 5.91 Å². The van der Waals surface area contributed by atoms with Crippen LogP contribution < -0.4 is 10.6 Å². The van der Waals surface area contributed by atoms with E-state index in [0.717, 1.165) is 45.2 Å². The van der Waals surface area contributed by atoms with Gasteiger partial charge in [0.05, 0.1) is 11.5 Å². The average molecular weight is 236 g/mol. The molecule has 1 saturated heterocycles. The van der Waals surface area contributed by atoms with E-state index in [0.29, 0.717) is 0 Å². The maximum atomic E-state index is 12.4. The number of piperidine rings is 1. The summed E-state index contributed by atoms with van der Waals surface area (Å²) in [6, 6.07) is -0.119. The fraction of sp³-hybridized carbons (Fsp3) is 0.786. The Morgan fingerprint density at radius 2 is 2.12 bits per heavy atom. The summed E-state index contributed by atoms with van der Waals surface area (Å²) in [5.74, 6) is 2.79. The van der Waals surface area contributed by atoms with Gasteiger partial charge in [0.1, 0.15) is 0 Å². The average Bonchev–Trinajstić information content (AvgIpc) is 2.37. The molecule has 17 heavy (non-hydrogen) atoms. The molecule has 0 aromatic carbocycles. The SMILES string of the molecule is C#CC(CC)NC(=O)C1(CCC)CCNCC1. The molecule has 0 bridgehead atoms. The van der Waals surface area contributed by atoms with Crippen LogP contribution in [-0.2, 0) is 4.79 Å². The fourth-order valence-corrected chi connectivity index (χ4v) is 2.55. The number of nitrogens with one attached hydrogen (secondary N) is 2. The van der Waals surface area contributed by atoms with Crippen molar-refractivity contribution in [1.29, 1.82) is 0 Å². The molecule has 1 aliphatic rings. The van der Waals surface area contributed by atoms with Gasteiger partial charge in [-0.25, -0.2) is 0 Å². The van der Waals surface area contributed by atoms with E-state index in [9.17, 15) is 4.79 Å². The Labute approximate surface area is 105 Å². The van der Waals surface area contributed by atoms with E-state index in [1.807, 2.05) is 6.92 Å². The zero-order valence-electron chi connectivity index (χ0n) is 11.0. The van der Waals surface area contributed by atoms with Crippen molar-refractivity contribution >= 4 is 5.91 Å². The summed E-state index contributed by atoms with van der Waals surface area (Å²) in [7, 11) is 0. The van der Waals surface area contributed by atoms with Crippen LogP contribution in [0.15, 0.2) is 0 Å². The van der Waals surface area contributed by atoms with Crippen molar-refractivity contribution in [1.82, 2.24) is 10.6 Å². The first-order valence-electron chi connectivity index (χ1n) is 6.66. The summed E-state index contributed by atoms with van der Waals surface area (Å²) in [5, 5.41) is 6.32. The number of carbonyl (C=O) groups is 1. The molecule has 1 unspecified atom stereocenters. The molecule has 3 nitrogen and oxygen atoms in total. The zero-order chi connectivity index (χ0) is 12.7. The Morgan fingerprint density at radius 1 is 1.47 bits per heavy atom. The third-order valence-corrected chi connectivity index (χ3v) is 3.69. The van der Waals surface area contributed by atoms with Crippen LogP contribution in [0.3, 0.4) is 0 Å². The molecule has 0 saturated carbocycles. The van der Waals surface area contributed by atoms with Crippen molar-refractivity contribution in [2.75, 3.05) is 13.1 Å². The Balaban J connectivity index is 2.69. The summed E-state index contributed by atoms with van der Waals surface area (Å²) in [6.45, 7) is 6.00. The first-order chi connectivity index (χ1) is 8.18. The first-order valence-corrected chi connectivity index (χ1v) is 6.66. The second-order valence-corrected chi connectivity index (χ2v) is 4.88. The highest BCUT2D eigenvalue weighted by molar-refractivity contribution is 5.83. The number of rotatable bonds is 5. The molecule has 1 aliphatic heterocycles. The van der Waals surface area contributed by atoms with Crippen molar-refractivity contribution in [3.8, 4) is 12.3 Å². The lowest BCUT2D eigenvalue weighted by Gasteiger charge is -2.36. The third-order valence-electron chi connectivity index (χ3n) is 3.69. The van der Waals surface area contributed by atoms with Crippen LogP contribution in [0.4, 0.5) is 0 Å². The second kappa shape index (κ2) is 6.66. The van der Waals surface area contributed by atoms with Crippen LogP contribution in [0.1, 0.15) is 46.0 Å². The lowest BCUT2D eigenvalue weighted by Crippen LogP contribution is -2.49. The third kappa shape index (κ3) is 3.47. The van der Waals surface area contributed by atoms with Crippen LogP contribution in [0.2, 0.25) is 0 Å². The van der Waals surface area contributed by atoms with Gasteiger partial charge in [0, 0.05) is 0 Å². The van der Waals surface area contributed by atoms with Gasteiger partial charge in [-0.1, -0.05) is 26.2 Å². The molecule has 1 rings (SSSR count). The number of hydrogen-bond donors (Lipinski definition) is 2. The van der Waals surface area contributed by atoms with E-state index in [1.54, 1.807) is 0 Å². The van der Waals surface area contributed by atoms with Crippen molar-refractivity contribution in [3.05, 3.63) is 0 Å². The topological polar surface area (TPSA) is 41.1 Å². The first kappa shape index (κ1) is 14.1. The molecule has 1 fully saturated rings. The van der Waals surface area contributed by atoms with Crippen molar-refractivity contribution in [2.45, 2.75) is 52.0 Å². The van der Waals surface area contributed by atoms with Crippen LogP contribution in [0.25, 0.3) is 0 Å². The molecule has 0 aromatic heterocycles. The molecular formula is C14H24N2O. The van der Waals surface area contributed by atoms with Gasteiger partial charge in [0.25, 0.3) is 0 Å². The van der Waals surface area contributed by atoms with E-state index in [2.05, 4.69) is 23.5 Å². The van der Waals surface area contributed by atoms with E-state index in [1.165, 1.54) is 0 Å². The van der Waals surface area contributed by atoms with E-state index < -0.39 is 0 Å². The molecular weight excluding hydrogens is 212 g/mol.